The first kappa shape index (κ1) is 26.4. The fourth-order valence-electron chi connectivity index (χ4n) is 4.86. The third-order valence-corrected chi connectivity index (χ3v) is 8.43. The summed E-state index contributed by atoms with van der Waals surface area (Å²) >= 11 is 6.86. The number of nitrogens with zero attached hydrogens (tertiary/aromatic N) is 2. The lowest BCUT2D eigenvalue weighted by atomic mass is 9.99. The molecule has 0 amide bonds. The Bertz CT molecular complexity index is 1670. The minimum atomic E-state index is -3.52. The van der Waals surface area contributed by atoms with E-state index in [2.05, 4.69) is 18.2 Å². The molecule has 1 heterocycles. The van der Waals surface area contributed by atoms with Crippen LogP contribution >= 0.6 is 11.6 Å². The molecule has 8 heteroatoms. The molecule has 0 fully saturated rings. The quantitative estimate of drug-likeness (QED) is 0.334. The number of hydrogen-bond donors (Lipinski definition) is 2. The van der Waals surface area contributed by atoms with E-state index >= 15 is 0 Å². The number of amidine groups is 1. The number of benzene rings is 4. The number of sulfone groups is 1. The number of rotatable bonds is 6. The summed E-state index contributed by atoms with van der Waals surface area (Å²) < 4.78 is 24.6. The molecule has 0 saturated carbocycles. The van der Waals surface area contributed by atoms with Gasteiger partial charge < -0.3 is 15.1 Å². The molecular formula is C30H29ClN2O4S. The average molecular weight is 549 g/mol. The molecule has 6 nitrogen and oxygen atoms in total. The van der Waals surface area contributed by atoms with Crippen LogP contribution in [0.15, 0.2) is 88.8 Å². The lowest BCUT2D eigenvalue weighted by molar-refractivity contribution is 0.0583. The summed E-state index contributed by atoms with van der Waals surface area (Å²) in [5.74, 6) is 0.732. The first-order valence-electron chi connectivity index (χ1n) is 12.3. The lowest BCUT2D eigenvalue weighted by Gasteiger charge is -2.26. The summed E-state index contributed by atoms with van der Waals surface area (Å²) in [5.41, 5.74) is 2.43. The number of anilines is 1. The number of fused-ring (bicyclic) bond motifs is 1. The van der Waals surface area contributed by atoms with E-state index in [9.17, 15) is 18.6 Å². The van der Waals surface area contributed by atoms with Crippen LogP contribution in [-0.4, -0.2) is 48.9 Å². The van der Waals surface area contributed by atoms with Crippen LogP contribution in [0.5, 0.6) is 0 Å². The van der Waals surface area contributed by atoms with Gasteiger partial charge in [-0.2, -0.15) is 0 Å². The zero-order chi connectivity index (χ0) is 27.2. The Morgan fingerprint density at radius 2 is 1.68 bits per heavy atom. The van der Waals surface area contributed by atoms with Gasteiger partial charge in [0.1, 0.15) is 5.84 Å². The molecule has 0 spiro atoms. The van der Waals surface area contributed by atoms with Crippen molar-refractivity contribution in [1.82, 2.24) is 0 Å². The smallest absolute Gasteiger partial charge is 0.175 e. The fourth-order valence-corrected chi connectivity index (χ4v) is 6.09. The zero-order valence-electron chi connectivity index (χ0n) is 21.4. The molecule has 1 atom stereocenters. The highest BCUT2D eigenvalue weighted by molar-refractivity contribution is 7.90. The first-order chi connectivity index (χ1) is 18.0. The maximum absolute atomic E-state index is 12.3. The Hall–Kier alpha value is -3.23. The highest BCUT2D eigenvalue weighted by Crippen LogP contribution is 2.37. The van der Waals surface area contributed by atoms with E-state index in [1.54, 1.807) is 38.1 Å². The Labute approximate surface area is 227 Å². The van der Waals surface area contributed by atoms with Gasteiger partial charge in [-0.1, -0.05) is 72.3 Å². The fraction of sp³-hybridized carbons (Fsp3) is 0.233. The molecule has 0 bridgehead atoms. The second-order valence-corrected chi connectivity index (χ2v) is 12.6. The molecule has 1 aliphatic rings. The molecule has 4 aromatic carbocycles. The van der Waals surface area contributed by atoms with E-state index in [-0.39, 0.29) is 17.5 Å². The van der Waals surface area contributed by atoms with Gasteiger partial charge in [-0.3, -0.25) is 4.99 Å². The maximum Gasteiger partial charge on any atom is 0.175 e. The predicted molar refractivity (Wildman–Crippen MR) is 154 cm³/mol. The molecule has 1 unspecified atom stereocenters. The number of aliphatic imine (C=N–C) groups is 1. The van der Waals surface area contributed by atoms with Gasteiger partial charge in [0.2, 0.25) is 0 Å². The third kappa shape index (κ3) is 4.95. The Morgan fingerprint density at radius 3 is 2.37 bits per heavy atom. The molecule has 0 saturated heterocycles. The summed E-state index contributed by atoms with van der Waals surface area (Å²) in [4.78, 5) is 7.09. The van der Waals surface area contributed by atoms with E-state index in [1.165, 1.54) is 0 Å². The summed E-state index contributed by atoms with van der Waals surface area (Å²) in [6.07, 6.45) is 1.13. The number of aliphatic hydroxyl groups excluding tert-OH is 1. The number of hydrogen-bond acceptors (Lipinski definition) is 6. The second kappa shape index (κ2) is 9.82. The van der Waals surface area contributed by atoms with E-state index in [0.717, 1.165) is 39.7 Å². The van der Waals surface area contributed by atoms with Crippen molar-refractivity contribution in [2.24, 2.45) is 4.99 Å². The predicted octanol–water partition coefficient (Wildman–Crippen LogP) is 5.46. The van der Waals surface area contributed by atoms with E-state index < -0.39 is 15.4 Å². The van der Waals surface area contributed by atoms with Gasteiger partial charge in [0.15, 0.2) is 9.84 Å². The summed E-state index contributed by atoms with van der Waals surface area (Å²) in [7, 11) is -3.52. The molecule has 0 radical (unpaired) electrons. The van der Waals surface area contributed by atoms with Gasteiger partial charge in [-0.05, 0) is 59.5 Å². The van der Waals surface area contributed by atoms with Gasteiger partial charge in [0.05, 0.1) is 33.9 Å². The van der Waals surface area contributed by atoms with Crippen molar-refractivity contribution < 1.29 is 18.6 Å². The van der Waals surface area contributed by atoms with E-state index in [1.807, 2.05) is 41.3 Å². The SMILES string of the molecule is CC(C)(O)C1CN(c2ccc(-c3ccc(CO)c(S(C)(=O)=O)c3)cc2Cl)C(c2cccc3ccccc23)=N1. The maximum atomic E-state index is 12.3. The molecule has 1 aliphatic heterocycles. The third-order valence-electron chi connectivity index (χ3n) is 6.94. The van der Waals surface area contributed by atoms with Crippen LogP contribution in [0.25, 0.3) is 21.9 Å². The van der Waals surface area contributed by atoms with Crippen LogP contribution in [0.2, 0.25) is 5.02 Å². The Balaban J connectivity index is 1.59. The first-order valence-corrected chi connectivity index (χ1v) is 14.5. The van der Waals surface area contributed by atoms with Gasteiger partial charge in [0, 0.05) is 18.4 Å². The zero-order valence-corrected chi connectivity index (χ0v) is 23.0. The van der Waals surface area contributed by atoms with E-state index in [4.69, 9.17) is 16.6 Å². The number of aliphatic hydroxyl groups is 2. The van der Waals surface area contributed by atoms with Gasteiger partial charge >= 0.3 is 0 Å². The van der Waals surface area contributed by atoms with Crippen molar-refractivity contribution in [1.29, 1.82) is 0 Å². The van der Waals surface area contributed by atoms with Crippen LogP contribution in [0.4, 0.5) is 5.69 Å². The normalized spacial score (nSPS) is 16.2. The average Bonchev–Trinajstić information content (AvgIpc) is 3.33. The highest BCUT2D eigenvalue weighted by Gasteiger charge is 2.37. The van der Waals surface area contributed by atoms with Crippen LogP contribution < -0.4 is 4.90 Å². The minimum Gasteiger partial charge on any atom is -0.392 e. The molecular weight excluding hydrogens is 520 g/mol. The van der Waals surface area contributed by atoms with Crippen molar-refractivity contribution >= 4 is 43.7 Å². The molecule has 196 valence electrons. The van der Waals surface area contributed by atoms with Crippen molar-refractivity contribution in [3.63, 3.8) is 0 Å². The van der Waals surface area contributed by atoms with Crippen molar-refractivity contribution in [3.05, 3.63) is 95.0 Å². The number of halogens is 1. The lowest BCUT2D eigenvalue weighted by Crippen LogP contribution is -2.39. The monoisotopic (exact) mass is 548 g/mol. The Kier molecular flexibility index (Phi) is 6.82. The van der Waals surface area contributed by atoms with Crippen molar-refractivity contribution in [2.75, 3.05) is 17.7 Å². The topological polar surface area (TPSA) is 90.2 Å². The summed E-state index contributed by atoms with van der Waals surface area (Å²) in [5, 5.41) is 23.0. The highest BCUT2D eigenvalue weighted by atomic mass is 35.5. The van der Waals surface area contributed by atoms with Crippen molar-refractivity contribution in [3.8, 4) is 11.1 Å². The van der Waals surface area contributed by atoms with Gasteiger partial charge in [0.25, 0.3) is 0 Å². The van der Waals surface area contributed by atoms with Crippen LogP contribution in [0.1, 0.15) is 25.0 Å². The Morgan fingerprint density at radius 1 is 1.00 bits per heavy atom. The van der Waals surface area contributed by atoms with Crippen molar-refractivity contribution in [2.45, 2.75) is 37.0 Å². The standard InChI is InChI=1S/C30H29ClN2O4S/c1-30(2,35)28-17-33(29(32-28)24-10-6-8-19-7-4-5-9-23(19)24)26-14-13-20(15-25(26)31)21-11-12-22(18-34)27(16-21)38(3,36)37/h4-16,28,34-35H,17-18H2,1-3H3. The molecule has 2 N–H and O–H groups in total. The van der Waals surface area contributed by atoms with Gasteiger partial charge in [-0.25, -0.2) is 8.42 Å². The minimum absolute atomic E-state index is 0.0932. The summed E-state index contributed by atoms with van der Waals surface area (Å²) in [6.45, 7) is 3.59. The largest absolute Gasteiger partial charge is 0.392 e. The molecule has 4 aromatic rings. The molecule has 0 aliphatic carbocycles. The van der Waals surface area contributed by atoms with Crippen LogP contribution in [-0.2, 0) is 16.4 Å². The second-order valence-electron chi connectivity index (χ2n) is 10.2. The molecule has 5 rings (SSSR count). The van der Waals surface area contributed by atoms with Crippen LogP contribution in [0.3, 0.4) is 0 Å². The van der Waals surface area contributed by atoms with Crippen LogP contribution in [0, 0.1) is 0 Å². The molecule has 38 heavy (non-hydrogen) atoms. The van der Waals surface area contributed by atoms with E-state index in [0.29, 0.717) is 22.7 Å². The summed E-state index contributed by atoms with van der Waals surface area (Å²) in [6, 6.07) is 24.4. The van der Waals surface area contributed by atoms with Gasteiger partial charge in [-0.15, -0.1) is 0 Å². The molecule has 0 aromatic heterocycles.